The number of halogens is 2. The highest BCUT2D eigenvalue weighted by Crippen LogP contribution is 2.46. The predicted molar refractivity (Wildman–Crippen MR) is 160 cm³/mol. The zero-order valence-electron chi connectivity index (χ0n) is 23.7. The lowest BCUT2D eigenvalue weighted by Gasteiger charge is -2.49. The first-order valence-corrected chi connectivity index (χ1v) is 16.3. The van der Waals surface area contributed by atoms with E-state index < -0.39 is 51.8 Å². The molecule has 10 nitrogen and oxygen atoms in total. The topological polar surface area (TPSA) is 142 Å². The third-order valence-electron chi connectivity index (χ3n) is 7.94. The number of sulfonamides is 1. The Balaban J connectivity index is 1.53. The van der Waals surface area contributed by atoms with Crippen molar-refractivity contribution in [3.8, 4) is 0 Å². The number of carbonyl (C=O) groups is 3. The number of rotatable bonds is 9. The van der Waals surface area contributed by atoms with Crippen LogP contribution in [0.2, 0.25) is 5.02 Å². The quantitative estimate of drug-likeness (QED) is 0.290. The van der Waals surface area contributed by atoms with Gasteiger partial charge >= 0.3 is 5.97 Å². The van der Waals surface area contributed by atoms with E-state index in [4.69, 9.17) is 16.4 Å². The minimum atomic E-state index is -3.61. The number of nitrogens with one attached hydrogen (secondary N) is 2. The molecular formula is C31H31ClFN3O7S. The Morgan fingerprint density at radius 1 is 1.07 bits per heavy atom. The molecule has 2 aliphatic rings. The van der Waals surface area contributed by atoms with Gasteiger partial charge in [-0.3, -0.25) is 14.4 Å². The van der Waals surface area contributed by atoms with E-state index in [-0.39, 0.29) is 23.6 Å². The Bertz CT molecular complexity index is 1690. The molecule has 1 heterocycles. The lowest BCUT2D eigenvalue weighted by atomic mass is 9.76. The number of hydroxylamine groups is 1. The molecule has 3 aromatic rings. The molecule has 0 spiro atoms. The summed E-state index contributed by atoms with van der Waals surface area (Å²) in [6.07, 6.45) is 3.64. The summed E-state index contributed by atoms with van der Waals surface area (Å²) in [4.78, 5) is 46.7. The highest BCUT2D eigenvalue weighted by Gasteiger charge is 2.49. The molecule has 4 atom stereocenters. The van der Waals surface area contributed by atoms with Gasteiger partial charge in [0.05, 0.1) is 30.4 Å². The molecule has 0 aromatic heterocycles. The number of hydrogen-bond acceptors (Lipinski definition) is 6. The second-order valence-corrected chi connectivity index (χ2v) is 13.2. The maximum absolute atomic E-state index is 14.2. The van der Waals surface area contributed by atoms with Gasteiger partial charge in [-0.15, -0.1) is 0 Å². The second-order valence-electron chi connectivity index (χ2n) is 11.0. The van der Waals surface area contributed by atoms with Gasteiger partial charge in [-0.1, -0.05) is 54.8 Å². The van der Waals surface area contributed by atoms with E-state index in [1.54, 1.807) is 53.4 Å². The lowest BCUT2D eigenvalue weighted by molar-refractivity contribution is -0.138. The number of carbonyl (C=O) groups excluding carboxylic acids is 2. The molecular weight excluding hydrogens is 613 g/mol. The molecule has 44 heavy (non-hydrogen) atoms. The van der Waals surface area contributed by atoms with Gasteiger partial charge in [-0.05, 0) is 65.9 Å². The minimum absolute atomic E-state index is 0.190. The van der Waals surface area contributed by atoms with E-state index >= 15 is 0 Å². The van der Waals surface area contributed by atoms with Gasteiger partial charge in [-0.2, -0.15) is 0 Å². The van der Waals surface area contributed by atoms with Crippen molar-refractivity contribution in [1.29, 1.82) is 0 Å². The van der Waals surface area contributed by atoms with Crippen molar-refractivity contribution < 1.29 is 37.1 Å². The SMILES string of the molecule is CS(=O)(=O)N[C@H]1CCCC[C@@H]1N1C(=O)c2ccccc2[C@@H](C(=O)NOCc2cc(F)cc(C(=O)O)c2)[C@@H]1c1ccc(Cl)cc1. The summed E-state index contributed by atoms with van der Waals surface area (Å²) in [5, 5.41) is 9.70. The van der Waals surface area contributed by atoms with Crippen LogP contribution in [0.3, 0.4) is 0 Å². The van der Waals surface area contributed by atoms with E-state index in [1.165, 1.54) is 6.07 Å². The summed E-state index contributed by atoms with van der Waals surface area (Å²) in [6, 6.07) is 14.7. The van der Waals surface area contributed by atoms with Crippen LogP contribution in [0.1, 0.15) is 75.0 Å². The number of benzene rings is 3. The summed E-state index contributed by atoms with van der Waals surface area (Å²) in [6.45, 7) is -0.324. The first-order valence-electron chi connectivity index (χ1n) is 14.0. The van der Waals surface area contributed by atoms with Crippen LogP contribution in [-0.2, 0) is 26.3 Å². The summed E-state index contributed by atoms with van der Waals surface area (Å²) in [5.74, 6) is -4.01. The fraction of sp³-hybridized carbons (Fsp3) is 0.323. The number of aromatic carboxylic acids is 1. The summed E-state index contributed by atoms with van der Waals surface area (Å²) < 4.78 is 41.3. The number of hydrogen-bond donors (Lipinski definition) is 3. The van der Waals surface area contributed by atoms with E-state index in [0.717, 1.165) is 31.2 Å². The zero-order valence-corrected chi connectivity index (χ0v) is 25.3. The third kappa shape index (κ3) is 6.94. The Kier molecular flexibility index (Phi) is 9.35. The van der Waals surface area contributed by atoms with Crippen LogP contribution in [-0.4, -0.2) is 54.5 Å². The Morgan fingerprint density at radius 3 is 2.48 bits per heavy atom. The van der Waals surface area contributed by atoms with Crippen LogP contribution in [0.5, 0.6) is 0 Å². The molecule has 2 amide bonds. The van der Waals surface area contributed by atoms with Crippen LogP contribution in [0.25, 0.3) is 0 Å². The fourth-order valence-electron chi connectivity index (χ4n) is 6.18. The van der Waals surface area contributed by atoms with Gasteiger partial charge < -0.3 is 10.0 Å². The summed E-state index contributed by atoms with van der Waals surface area (Å²) >= 11 is 6.19. The average Bonchev–Trinajstić information content (AvgIpc) is 2.97. The van der Waals surface area contributed by atoms with Crippen LogP contribution >= 0.6 is 11.6 Å². The monoisotopic (exact) mass is 643 g/mol. The Hall–Kier alpha value is -3.84. The van der Waals surface area contributed by atoms with Crippen molar-refractivity contribution in [2.75, 3.05) is 6.26 Å². The smallest absolute Gasteiger partial charge is 0.335 e. The molecule has 1 aliphatic heterocycles. The third-order valence-corrected chi connectivity index (χ3v) is 8.92. The summed E-state index contributed by atoms with van der Waals surface area (Å²) in [5.41, 5.74) is 3.72. The van der Waals surface area contributed by atoms with Crippen LogP contribution in [0.4, 0.5) is 4.39 Å². The molecule has 0 bridgehead atoms. The zero-order chi connectivity index (χ0) is 31.6. The minimum Gasteiger partial charge on any atom is -0.478 e. The van der Waals surface area contributed by atoms with Crippen LogP contribution in [0.15, 0.2) is 66.7 Å². The normalized spacial score (nSPS) is 21.9. The molecule has 232 valence electrons. The maximum Gasteiger partial charge on any atom is 0.335 e. The molecule has 3 N–H and O–H groups in total. The highest BCUT2D eigenvalue weighted by atomic mass is 35.5. The molecule has 0 unspecified atom stereocenters. The molecule has 5 rings (SSSR count). The van der Waals surface area contributed by atoms with Gasteiger partial charge in [0.25, 0.3) is 11.8 Å². The van der Waals surface area contributed by atoms with Crippen molar-refractivity contribution in [2.45, 2.75) is 56.3 Å². The van der Waals surface area contributed by atoms with Gasteiger partial charge in [0.2, 0.25) is 10.0 Å². The van der Waals surface area contributed by atoms with Crippen molar-refractivity contribution in [3.63, 3.8) is 0 Å². The highest BCUT2D eigenvalue weighted by molar-refractivity contribution is 7.88. The number of amides is 2. The average molecular weight is 644 g/mol. The molecule has 1 fully saturated rings. The van der Waals surface area contributed by atoms with Crippen molar-refractivity contribution >= 4 is 39.4 Å². The Morgan fingerprint density at radius 2 is 1.77 bits per heavy atom. The van der Waals surface area contributed by atoms with E-state index in [1.807, 2.05) is 0 Å². The first kappa shape index (κ1) is 31.6. The largest absolute Gasteiger partial charge is 0.478 e. The molecule has 1 saturated carbocycles. The van der Waals surface area contributed by atoms with Gasteiger partial charge in [0.15, 0.2) is 0 Å². The lowest BCUT2D eigenvalue weighted by Crippen LogP contribution is -2.59. The van der Waals surface area contributed by atoms with Crippen molar-refractivity contribution in [2.24, 2.45) is 0 Å². The molecule has 3 aromatic carbocycles. The molecule has 1 aliphatic carbocycles. The number of carboxylic acid groups (broad SMARTS) is 1. The van der Waals surface area contributed by atoms with E-state index in [0.29, 0.717) is 34.6 Å². The maximum atomic E-state index is 14.2. The van der Waals surface area contributed by atoms with E-state index in [2.05, 4.69) is 10.2 Å². The van der Waals surface area contributed by atoms with Gasteiger partial charge in [0, 0.05) is 22.7 Å². The number of fused-ring (bicyclic) bond motifs is 1. The predicted octanol–water partition coefficient (Wildman–Crippen LogP) is 4.57. The second kappa shape index (κ2) is 13.0. The van der Waals surface area contributed by atoms with Gasteiger partial charge in [-0.25, -0.2) is 27.8 Å². The first-order chi connectivity index (χ1) is 20.9. The fourth-order valence-corrected chi connectivity index (χ4v) is 7.13. The van der Waals surface area contributed by atoms with E-state index in [9.17, 15) is 32.3 Å². The summed E-state index contributed by atoms with van der Waals surface area (Å²) in [7, 11) is -3.61. The standard InChI is InChI=1S/C31H31ClFN3O7S/c1-44(41,42)35-25-8-4-5-9-26(25)36-28(19-10-12-21(32)13-11-19)27(23-6-2-3-7-24(23)30(36)38)29(37)34-43-17-18-14-20(31(39)40)16-22(33)15-18/h2-3,6-7,10-16,25-28,35H,4-5,8-9,17H2,1H3,(H,34,37)(H,39,40)/t25-,26-,27+,28-/m0/s1. The number of nitrogens with zero attached hydrogens (tertiary/aromatic N) is 1. The van der Waals surface area contributed by atoms with Gasteiger partial charge in [0.1, 0.15) is 5.82 Å². The number of carboxylic acids is 1. The van der Waals surface area contributed by atoms with Crippen LogP contribution < -0.4 is 10.2 Å². The molecule has 0 radical (unpaired) electrons. The molecule has 0 saturated heterocycles. The molecule has 13 heteroatoms. The Labute approximate surface area is 259 Å². The van der Waals surface area contributed by atoms with Crippen molar-refractivity contribution in [3.05, 3.63) is 105 Å². The van der Waals surface area contributed by atoms with Crippen LogP contribution in [0, 0.1) is 5.82 Å². The van der Waals surface area contributed by atoms with Crippen molar-refractivity contribution in [1.82, 2.24) is 15.1 Å².